The Hall–Kier alpha value is -1.31. The average Bonchev–Trinajstić information content (AvgIpc) is 3.05. The van der Waals surface area contributed by atoms with Gasteiger partial charge in [0, 0.05) is 51.5 Å². The van der Waals surface area contributed by atoms with Gasteiger partial charge in [-0.25, -0.2) is 4.98 Å². The predicted octanol–water partition coefficient (Wildman–Crippen LogP) is 0.648. The summed E-state index contributed by atoms with van der Waals surface area (Å²) in [4.78, 5) is 33.0. The number of piperazine rings is 1. The standard InChI is InChI=1S/C16H25N5O2.2ClH/c1-19-6-5-18-14(16(19)23)20-7-9-21(10-8-20)15(22)13-4-2-3-12(13)11-17;;/h5-6,12-13H,2-4,7-11,17H2,1H3;2*1H/t12-,13-;;/m1../s1. The van der Waals surface area contributed by atoms with Crippen LogP contribution in [0.25, 0.3) is 0 Å². The minimum Gasteiger partial charge on any atom is -0.348 e. The molecule has 2 heterocycles. The molecular weight excluding hydrogens is 365 g/mol. The molecule has 2 atom stereocenters. The second-order valence-electron chi connectivity index (χ2n) is 6.51. The smallest absolute Gasteiger partial charge is 0.293 e. The Morgan fingerprint density at radius 1 is 1.24 bits per heavy atom. The van der Waals surface area contributed by atoms with Gasteiger partial charge >= 0.3 is 0 Å². The Kier molecular flexibility index (Phi) is 8.18. The van der Waals surface area contributed by atoms with Crippen LogP contribution in [0.15, 0.2) is 17.2 Å². The van der Waals surface area contributed by atoms with Gasteiger partial charge in [-0.3, -0.25) is 9.59 Å². The highest BCUT2D eigenvalue weighted by Crippen LogP contribution is 2.32. The van der Waals surface area contributed by atoms with E-state index in [1.807, 2.05) is 9.80 Å². The van der Waals surface area contributed by atoms with Crippen LogP contribution in [0.3, 0.4) is 0 Å². The van der Waals surface area contributed by atoms with Gasteiger partial charge in [0.15, 0.2) is 5.82 Å². The summed E-state index contributed by atoms with van der Waals surface area (Å²) in [5, 5.41) is 0. The Labute approximate surface area is 160 Å². The summed E-state index contributed by atoms with van der Waals surface area (Å²) >= 11 is 0. The molecule has 2 N–H and O–H groups in total. The molecule has 9 heteroatoms. The van der Waals surface area contributed by atoms with Gasteiger partial charge in [0.05, 0.1) is 0 Å². The number of aryl methyl sites for hydroxylation is 1. The van der Waals surface area contributed by atoms with E-state index in [4.69, 9.17) is 5.73 Å². The number of anilines is 1. The molecule has 0 unspecified atom stereocenters. The first-order valence-electron chi connectivity index (χ1n) is 8.37. The molecule has 0 aromatic carbocycles. The highest BCUT2D eigenvalue weighted by Gasteiger charge is 2.35. The summed E-state index contributed by atoms with van der Waals surface area (Å²) in [7, 11) is 1.72. The second kappa shape index (κ2) is 9.40. The first kappa shape index (κ1) is 21.7. The van der Waals surface area contributed by atoms with E-state index in [2.05, 4.69) is 4.98 Å². The van der Waals surface area contributed by atoms with Gasteiger partial charge < -0.3 is 20.1 Å². The van der Waals surface area contributed by atoms with Crippen LogP contribution in [-0.4, -0.2) is 53.1 Å². The van der Waals surface area contributed by atoms with E-state index in [1.165, 1.54) is 4.57 Å². The maximum atomic E-state index is 12.7. The fourth-order valence-electron chi connectivity index (χ4n) is 3.72. The van der Waals surface area contributed by atoms with Crippen LogP contribution in [0.2, 0.25) is 0 Å². The van der Waals surface area contributed by atoms with Crippen LogP contribution >= 0.6 is 24.8 Å². The van der Waals surface area contributed by atoms with Gasteiger partial charge in [0.2, 0.25) is 5.91 Å². The molecule has 0 bridgehead atoms. The Bertz CT molecular complexity index is 631. The van der Waals surface area contributed by atoms with Crippen molar-refractivity contribution in [1.82, 2.24) is 14.5 Å². The van der Waals surface area contributed by atoms with E-state index >= 15 is 0 Å². The normalized spacial score (nSPS) is 23.0. The summed E-state index contributed by atoms with van der Waals surface area (Å²) in [6, 6.07) is 0. The Balaban J connectivity index is 0.00000156. The second-order valence-corrected chi connectivity index (χ2v) is 6.51. The number of hydrogen-bond donors (Lipinski definition) is 1. The molecule has 0 radical (unpaired) electrons. The highest BCUT2D eigenvalue weighted by molar-refractivity contribution is 5.85. The number of nitrogens with two attached hydrogens (primary N) is 1. The zero-order valence-corrected chi connectivity index (χ0v) is 16.1. The van der Waals surface area contributed by atoms with Crippen molar-refractivity contribution in [2.24, 2.45) is 24.6 Å². The van der Waals surface area contributed by atoms with Crippen LogP contribution in [0.4, 0.5) is 5.82 Å². The zero-order valence-electron chi connectivity index (χ0n) is 14.5. The van der Waals surface area contributed by atoms with Crippen LogP contribution in [0.5, 0.6) is 0 Å². The third-order valence-electron chi connectivity index (χ3n) is 5.17. The molecule has 25 heavy (non-hydrogen) atoms. The average molecular weight is 392 g/mol. The van der Waals surface area contributed by atoms with Gasteiger partial charge in [0.25, 0.3) is 5.56 Å². The van der Waals surface area contributed by atoms with Crippen molar-refractivity contribution in [3.63, 3.8) is 0 Å². The summed E-state index contributed by atoms with van der Waals surface area (Å²) in [6.07, 6.45) is 6.41. The number of amides is 1. The van der Waals surface area contributed by atoms with E-state index < -0.39 is 0 Å². The highest BCUT2D eigenvalue weighted by atomic mass is 35.5. The molecule has 142 valence electrons. The fraction of sp³-hybridized carbons (Fsp3) is 0.688. The number of aromatic nitrogens is 2. The van der Waals surface area contributed by atoms with Gasteiger partial charge in [-0.05, 0) is 25.3 Å². The number of halogens is 2. The molecule has 1 aromatic rings. The van der Waals surface area contributed by atoms with Crippen molar-refractivity contribution in [2.75, 3.05) is 37.6 Å². The maximum absolute atomic E-state index is 12.7. The maximum Gasteiger partial charge on any atom is 0.293 e. The van der Waals surface area contributed by atoms with Crippen LogP contribution in [-0.2, 0) is 11.8 Å². The number of nitrogens with zero attached hydrogens (tertiary/aromatic N) is 4. The van der Waals surface area contributed by atoms with Crippen molar-refractivity contribution in [2.45, 2.75) is 19.3 Å². The number of carbonyl (C=O) groups is 1. The molecular formula is C16H27Cl2N5O2. The van der Waals surface area contributed by atoms with Gasteiger partial charge in [0.1, 0.15) is 0 Å². The van der Waals surface area contributed by atoms with Crippen molar-refractivity contribution in [1.29, 1.82) is 0 Å². The molecule has 2 aliphatic rings. The number of rotatable bonds is 3. The molecule has 3 rings (SSSR count). The van der Waals surface area contributed by atoms with Gasteiger partial charge in [-0.15, -0.1) is 24.8 Å². The van der Waals surface area contributed by atoms with Crippen LogP contribution in [0, 0.1) is 11.8 Å². The first-order valence-corrected chi connectivity index (χ1v) is 8.37. The van der Waals surface area contributed by atoms with Crippen LogP contribution in [0.1, 0.15) is 19.3 Å². The molecule has 7 nitrogen and oxygen atoms in total. The lowest BCUT2D eigenvalue weighted by molar-refractivity contribution is -0.136. The first-order chi connectivity index (χ1) is 11.1. The number of carbonyl (C=O) groups excluding carboxylic acids is 1. The topological polar surface area (TPSA) is 84.5 Å². The van der Waals surface area contributed by atoms with Crippen molar-refractivity contribution < 1.29 is 4.79 Å². The van der Waals surface area contributed by atoms with Crippen molar-refractivity contribution in [3.8, 4) is 0 Å². The molecule has 1 saturated carbocycles. The largest absolute Gasteiger partial charge is 0.348 e. The summed E-state index contributed by atoms with van der Waals surface area (Å²) in [5.74, 6) is 1.15. The minimum atomic E-state index is -0.0914. The SMILES string of the molecule is Cl.Cl.Cn1ccnc(N2CCN(C(=O)[C@@H]3CCC[C@@H]3CN)CC2)c1=O. The van der Waals surface area contributed by atoms with Crippen molar-refractivity contribution in [3.05, 3.63) is 22.7 Å². The zero-order chi connectivity index (χ0) is 16.4. The lowest BCUT2D eigenvalue weighted by Crippen LogP contribution is -2.52. The third-order valence-corrected chi connectivity index (χ3v) is 5.17. The molecule has 1 saturated heterocycles. The molecule has 1 aromatic heterocycles. The molecule has 0 spiro atoms. The van der Waals surface area contributed by atoms with E-state index in [9.17, 15) is 9.59 Å². The number of hydrogen-bond acceptors (Lipinski definition) is 5. The van der Waals surface area contributed by atoms with Gasteiger partial charge in [-0.1, -0.05) is 6.42 Å². The lowest BCUT2D eigenvalue weighted by atomic mass is 9.94. The molecule has 1 aliphatic carbocycles. The van der Waals surface area contributed by atoms with E-state index in [0.717, 1.165) is 19.3 Å². The van der Waals surface area contributed by atoms with Crippen LogP contribution < -0.4 is 16.2 Å². The summed E-state index contributed by atoms with van der Waals surface area (Å²) in [5.41, 5.74) is 5.70. The van der Waals surface area contributed by atoms with E-state index in [1.54, 1.807) is 19.4 Å². The fourth-order valence-corrected chi connectivity index (χ4v) is 3.72. The molecule has 2 fully saturated rings. The van der Waals surface area contributed by atoms with E-state index in [0.29, 0.717) is 44.5 Å². The van der Waals surface area contributed by atoms with Crippen molar-refractivity contribution >= 4 is 36.5 Å². The molecule has 1 amide bonds. The quantitative estimate of drug-likeness (QED) is 0.817. The molecule has 1 aliphatic heterocycles. The Morgan fingerprint density at radius 3 is 2.56 bits per heavy atom. The van der Waals surface area contributed by atoms with E-state index in [-0.39, 0.29) is 42.2 Å². The monoisotopic (exact) mass is 391 g/mol. The summed E-state index contributed by atoms with van der Waals surface area (Å²) in [6.45, 7) is 3.19. The minimum absolute atomic E-state index is 0. The predicted molar refractivity (Wildman–Crippen MR) is 103 cm³/mol. The van der Waals surface area contributed by atoms with Gasteiger partial charge in [-0.2, -0.15) is 0 Å². The Morgan fingerprint density at radius 2 is 1.92 bits per heavy atom. The lowest BCUT2D eigenvalue weighted by Gasteiger charge is -2.37. The third kappa shape index (κ3) is 4.46. The summed E-state index contributed by atoms with van der Waals surface area (Å²) < 4.78 is 1.53.